The fraction of sp³-hybridized carbons (Fsp3) is 0.152. The lowest BCUT2D eigenvalue weighted by molar-refractivity contribution is -0.131. The summed E-state index contributed by atoms with van der Waals surface area (Å²) in [6, 6.07) is 29.5. The van der Waals surface area contributed by atoms with Gasteiger partial charge in [-0.25, -0.2) is 0 Å². The monoisotopic (exact) mass is 538 g/mol. The Labute approximate surface area is 233 Å². The topological polar surface area (TPSA) is 80.3 Å². The number of carbonyl (C=O) groups excluding carboxylic acids is 2. The van der Waals surface area contributed by atoms with Gasteiger partial charge in [-0.2, -0.15) is 0 Å². The number of allylic oxidation sites excluding steroid dienone is 1. The number of esters is 1. The minimum absolute atomic E-state index is 0.0930. The summed E-state index contributed by atoms with van der Waals surface area (Å²) in [5.41, 5.74) is 2.89. The average molecular weight is 539 g/mol. The van der Waals surface area contributed by atoms with Gasteiger partial charge in [-0.1, -0.05) is 60.7 Å². The van der Waals surface area contributed by atoms with Crippen molar-refractivity contribution in [3.63, 3.8) is 0 Å². The van der Waals surface area contributed by atoms with E-state index in [1.165, 1.54) is 13.0 Å². The highest BCUT2D eigenvalue weighted by Crippen LogP contribution is 2.29. The van der Waals surface area contributed by atoms with Crippen molar-refractivity contribution in [2.24, 2.45) is 0 Å². The molecule has 4 aromatic carbocycles. The lowest BCUT2D eigenvalue weighted by Crippen LogP contribution is -2.07. The van der Waals surface area contributed by atoms with Crippen LogP contribution < -0.4 is 18.9 Å². The number of rotatable bonds is 13. The molecule has 0 aliphatic heterocycles. The molecule has 4 rings (SSSR count). The van der Waals surface area contributed by atoms with Crippen LogP contribution in [0.25, 0.3) is 6.08 Å². The van der Waals surface area contributed by atoms with Gasteiger partial charge in [0.1, 0.15) is 36.2 Å². The van der Waals surface area contributed by atoms with Gasteiger partial charge in [0.05, 0.1) is 5.56 Å². The zero-order valence-corrected chi connectivity index (χ0v) is 22.4. The largest absolute Gasteiger partial charge is 0.489 e. The molecule has 0 radical (unpaired) electrons. The van der Waals surface area contributed by atoms with Gasteiger partial charge in [-0.05, 0) is 47.5 Å². The van der Waals surface area contributed by atoms with E-state index in [0.29, 0.717) is 36.0 Å². The highest BCUT2D eigenvalue weighted by atomic mass is 16.7. The third-order valence-corrected chi connectivity index (χ3v) is 5.70. The number of hydrogen-bond donors (Lipinski definition) is 0. The Kier molecular flexibility index (Phi) is 10.1. The van der Waals surface area contributed by atoms with Crippen LogP contribution in [0.4, 0.5) is 0 Å². The quantitative estimate of drug-likeness (QED) is 0.0620. The predicted molar refractivity (Wildman–Crippen MR) is 152 cm³/mol. The van der Waals surface area contributed by atoms with Gasteiger partial charge >= 0.3 is 5.97 Å². The van der Waals surface area contributed by atoms with Crippen molar-refractivity contribution >= 4 is 17.8 Å². The van der Waals surface area contributed by atoms with E-state index in [0.717, 1.165) is 11.1 Å². The summed E-state index contributed by atoms with van der Waals surface area (Å²) in [6.07, 6.45) is 3.06. The predicted octanol–water partition coefficient (Wildman–Crippen LogP) is 6.65. The average Bonchev–Trinajstić information content (AvgIpc) is 2.98. The molecular weight excluding hydrogens is 508 g/mol. The first-order chi connectivity index (χ1) is 19.5. The lowest BCUT2D eigenvalue weighted by atomic mass is 10.1. The number of hydrogen-bond acceptors (Lipinski definition) is 7. The van der Waals surface area contributed by atoms with Crippen LogP contribution in [0.2, 0.25) is 0 Å². The fourth-order valence-electron chi connectivity index (χ4n) is 3.76. The van der Waals surface area contributed by atoms with Crippen LogP contribution >= 0.6 is 0 Å². The minimum Gasteiger partial charge on any atom is -0.489 e. The maximum Gasteiger partial charge on any atom is 0.308 e. The van der Waals surface area contributed by atoms with E-state index in [4.69, 9.17) is 23.7 Å². The molecule has 0 heterocycles. The van der Waals surface area contributed by atoms with E-state index in [2.05, 4.69) is 0 Å². The van der Waals surface area contributed by atoms with Crippen molar-refractivity contribution in [3.05, 3.63) is 125 Å². The standard InChI is InChI=1S/C33H30O7/c1-24(34)40-33-20-28(37-21-25-9-5-3-6-10-25)16-17-30(33)31(35)18-14-27-13-15-29(39-23-36-2)19-32(27)38-22-26-11-7-4-8-12-26/h3-20H,21-23H2,1-2H3/b18-14+. The maximum atomic E-state index is 13.2. The van der Waals surface area contributed by atoms with Crippen LogP contribution in [0.5, 0.6) is 23.0 Å². The second-order valence-electron chi connectivity index (χ2n) is 8.75. The molecule has 0 aliphatic rings. The molecule has 0 aliphatic carbocycles. The zero-order chi connectivity index (χ0) is 28.2. The van der Waals surface area contributed by atoms with Crippen LogP contribution in [0.1, 0.15) is 34.0 Å². The van der Waals surface area contributed by atoms with Crippen molar-refractivity contribution in [1.29, 1.82) is 0 Å². The van der Waals surface area contributed by atoms with Gasteiger partial charge in [0.15, 0.2) is 12.6 Å². The molecule has 0 unspecified atom stereocenters. The smallest absolute Gasteiger partial charge is 0.308 e. The molecule has 0 atom stereocenters. The number of carbonyl (C=O) groups is 2. The SMILES string of the molecule is COCOc1ccc(/C=C/C(=O)c2ccc(OCc3ccccc3)cc2OC(C)=O)c(OCc2ccccc2)c1. The van der Waals surface area contributed by atoms with E-state index in [1.54, 1.807) is 49.6 Å². The number of benzene rings is 4. The number of methoxy groups -OCH3 is 1. The summed E-state index contributed by atoms with van der Waals surface area (Å²) in [4.78, 5) is 25.0. The Hall–Kier alpha value is -4.88. The van der Waals surface area contributed by atoms with Crippen LogP contribution in [0.15, 0.2) is 103 Å². The molecule has 0 aromatic heterocycles. The molecule has 0 fully saturated rings. The third-order valence-electron chi connectivity index (χ3n) is 5.70. The Balaban J connectivity index is 1.54. The van der Waals surface area contributed by atoms with Crippen molar-refractivity contribution in [2.45, 2.75) is 20.1 Å². The Morgan fingerprint density at radius 2 is 1.30 bits per heavy atom. The van der Waals surface area contributed by atoms with Crippen LogP contribution in [-0.4, -0.2) is 25.7 Å². The first kappa shape index (κ1) is 28.1. The van der Waals surface area contributed by atoms with Gasteiger partial charge < -0.3 is 23.7 Å². The molecule has 7 heteroatoms. The van der Waals surface area contributed by atoms with Gasteiger partial charge in [0.25, 0.3) is 0 Å². The van der Waals surface area contributed by atoms with Gasteiger partial charge in [0.2, 0.25) is 0 Å². The minimum atomic E-state index is -0.540. The van der Waals surface area contributed by atoms with E-state index < -0.39 is 5.97 Å². The molecular formula is C33H30O7. The summed E-state index contributed by atoms with van der Waals surface area (Å²) in [5, 5.41) is 0. The molecule has 0 amide bonds. The summed E-state index contributed by atoms with van der Waals surface area (Å²) >= 11 is 0. The van der Waals surface area contributed by atoms with E-state index >= 15 is 0 Å². The highest BCUT2D eigenvalue weighted by molar-refractivity contribution is 6.09. The normalized spacial score (nSPS) is 10.8. The Morgan fingerprint density at radius 3 is 1.95 bits per heavy atom. The van der Waals surface area contributed by atoms with Crippen LogP contribution in [-0.2, 0) is 22.7 Å². The van der Waals surface area contributed by atoms with E-state index in [1.807, 2.05) is 60.7 Å². The molecule has 0 bridgehead atoms. The molecule has 204 valence electrons. The molecule has 0 saturated carbocycles. The molecule has 0 spiro atoms. The Bertz CT molecular complexity index is 1450. The molecule has 0 N–H and O–H groups in total. The number of ketones is 1. The fourth-order valence-corrected chi connectivity index (χ4v) is 3.76. The van der Waals surface area contributed by atoms with Crippen molar-refractivity contribution in [2.75, 3.05) is 13.9 Å². The summed E-state index contributed by atoms with van der Waals surface area (Å²) in [6.45, 7) is 2.05. The Morgan fingerprint density at radius 1 is 0.700 bits per heavy atom. The zero-order valence-electron chi connectivity index (χ0n) is 22.4. The first-order valence-corrected chi connectivity index (χ1v) is 12.7. The highest BCUT2D eigenvalue weighted by Gasteiger charge is 2.15. The van der Waals surface area contributed by atoms with E-state index in [-0.39, 0.29) is 23.9 Å². The second kappa shape index (κ2) is 14.3. The molecule has 7 nitrogen and oxygen atoms in total. The van der Waals surface area contributed by atoms with E-state index in [9.17, 15) is 9.59 Å². The lowest BCUT2D eigenvalue weighted by Gasteiger charge is -2.13. The first-order valence-electron chi connectivity index (χ1n) is 12.7. The maximum absolute atomic E-state index is 13.2. The molecule has 4 aromatic rings. The number of ether oxygens (including phenoxy) is 5. The van der Waals surface area contributed by atoms with Gasteiger partial charge in [0, 0.05) is 31.7 Å². The van der Waals surface area contributed by atoms with Crippen molar-refractivity contribution < 1.29 is 33.3 Å². The van der Waals surface area contributed by atoms with Crippen LogP contribution in [0.3, 0.4) is 0 Å². The van der Waals surface area contributed by atoms with Gasteiger partial charge in [-0.3, -0.25) is 9.59 Å². The molecule has 40 heavy (non-hydrogen) atoms. The van der Waals surface area contributed by atoms with Crippen molar-refractivity contribution in [1.82, 2.24) is 0 Å². The van der Waals surface area contributed by atoms with Crippen molar-refractivity contribution in [3.8, 4) is 23.0 Å². The second-order valence-corrected chi connectivity index (χ2v) is 8.75. The summed E-state index contributed by atoms with van der Waals surface area (Å²) < 4.78 is 27.8. The van der Waals surface area contributed by atoms with Gasteiger partial charge in [-0.15, -0.1) is 0 Å². The molecule has 0 saturated heterocycles. The summed E-state index contributed by atoms with van der Waals surface area (Å²) in [7, 11) is 1.54. The van der Waals surface area contributed by atoms with Crippen LogP contribution in [0, 0.1) is 0 Å². The summed E-state index contributed by atoms with van der Waals surface area (Å²) in [5.74, 6) is 0.810. The third kappa shape index (κ3) is 8.31.